The lowest BCUT2D eigenvalue weighted by molar-refractivity contribution is 1.28. The standard InChI is InChI=1S/C48H44N2/c1-29-15-9-11-19-39(29)41-25-44(48-34(6)24-32(4)46(36(48)8)38-18-14-22-50-28-38)42(40-20-12-10-16-30(40)2)26-43(41)47-33(5)23-31(3)45(35(47)7)37-17-13-21-49-27-37/h9-28H,1-8H3. The molecule has 0 aliphatic heterocycles. The van der Waals surface area contributed by atoms with E-state index in [1.54, 1.807) is 0 Å². The van der Waals surface area contributed by atoms with Crippen LogP contribution in [0, 0.1) is 55.4 Å². The smallest absolute Gasteiger partial charge is 0.0346 e. The molecule has 0 unspecified atom stereocenters. The lowest BCUT2D eigenvalue weighted by Crippen LogP contribution is -2.02. The third-order valence-electron chi connectivity index (χ3n) is 10.4. The first-order chi connectivity index (χ1) is 24.2. The number of hydrogen-bond acceptors (Lipinski definition) is 2. The average Bonchev–Trinajstić information content (AvgIpc) is 3.10. The van der Waals surface area contributed by atoms with Gasteiger partial charge in [0.1, 0.15) is 0 Å². The summed E-state index contributed by atoms with van der Waals surface area (Å²) in [7, 11) is 0. The highest BCUT2D eigenvalue weighted by Gasteiger charge is 2.24. The van der Waals surface area contributed by atoms with Crippen molar-refractivity contribution in [1.29, 1.82) is 0 Å². The van der Waals surface area contributed by atoms with Gasteiger partial charge in [0.25, 0.3) is 0 Å². The predicted octanol–water partition coefficient (Wildman–Crippen LogP) is 12.9. The third-order valence-corrected chi connectivity index (χ3v) is 10.4. The summed E-state index contributed by atoms with van der Waals surface area (Å²) in [4.78, 5) is 9.00. The molecule has 5 aromatic carbocycles. The van der Waals surface area contributed by atoms with Crippen molar-refractivity contribution in [2.75, 3.05) is 0 Å². The van der Waals surface area contributed by atoms with E-state index in [2.05, 4.69) is 150 Å². The van der Waals surface area contributed by atoms with E-state index < -0.39 is 0 Å². The zero-order chi connectivity index (χ0) is 35.1. The SMILES string of the molecule is Cc1ccccc1-c1cc(-c2c(C)cc(C)c(-c3cccnc3)c2C)c(-c2ccccc2C)cc1-c1c(C)cc(C)c(-c2cccnc2)c1C. The fourth-order valence-electron chi connectivity index (χ4n) is 8.32. The Balaban J connectivity index is 1.64. The Morgan fingerprint density at radius 3 is 1.06 bits per heavy atom. The molecule has 246 valence electrons. The van der Waals surface area contributed by atoms with Gasteiger partial charge in [-0.3, -0.25) is 9.97 Å². The summed E-state index contributed by atoms with van der Waals surface area (Å²) in [6.07, 6.45) is 7.67. The molecule has 0 aliphatic carbocycles. The molecule has 0 saturated heterocycles. The summed E-state index contributed by atoms with van der Waals surface area (Å²) in [5, 5.41) is 0. The van der Waals surface area contributed by atoms with E-state index in [9.17, 15) is 0 Å². The summed E-state index contributed by atoms with van der Waals surface area (Å²) in [5.41, 5.74) is 24.9. The molecule has 2 nitrogen and oxygen atoms in total. The largest absolute Gasteiger partial charge is 0.264 e. The summed E-state index contributed by atoms with van der Waals surface area (Å²) >= 11 is 0. The Morgan fingerprint density at radius 1 is 0.320 bits per heavy atom. The minimum atomic E-state index is 1.14. The highest BCUT2D eigenvalue weighted by atomic mass is 14.6. The Hall–Kier alpha value is -5.60. The number of pyridine rings is 2. The fourth-order valence-corrected chi connectivity index (χ4v) is 8.32. The van der Waals surface area contributed by atoms with Crippen LogP contribution in [0.2, 0.25) is 0 Å². The molecule has 0 aliphatic rings. The molecule has 0 saturated carbocycles. The van der Waals surface area contributed by atoms with Gasteiger partial charge in [0, 0.05) is 35.9 Å². The molecule has 7 rings (SSSR count). The lowest BCUT2D eigenvalue weighted by atomic mass is 9.78. The minimum absolute atomic E-state index is 1.14. The van der Waals surface area contributed by atoms with Crippen LogP contribution in [0.5, 0.6) is 0 Å². The van der Waals surface area contributed by atoms with Gasteiger partial charge in [-0.1, -0.05) is 72.8 Å². The molecular formula is C48H44N2. The maximum absolute atomic E-state index is 4.50. The first-order valence-corrected chi connectivity index (χ1v) is 17.5. The maximum Gasteiger partial charge on any atom is 0.0346 e. The Kier molecular flexibility index (Phi) is 8.80. The second-order valence-electron chi connectivity index (χ2n) is 13.8. The van der Waals surface area contributed by atoms with Crippen LogP contribution in [0.4, 0.5) is 0 Å². The van der Waals surface area contributed by atoms with Crippen LogP contribution in [-0.2, 0) is 0 Å². The number of benzene rings is 5. The average molecular weight is 649 g/mol. The summed E-state index contributed by atoms with van der Waals surface area (Å²) in [5.74, 6) is 0. The number of aromatic nitrogens is 2. The van der Waals surface area contributed by atoms with E-state index in [-0.39, 0.29) is 0 Å². The Bertz CT molecular complexity index is 2210. The molecule has 0 N–H and O–H groups in total. The summed E-state index contributed by atoms with van der Waals surface area (Å²) in [6, 6.07) is 35.7. The van der Waals surface area contributed by atoms with Crippen LogP contribution in [0.25, 0.3) is 66.8 Å². The number of nitrogens with zero attached hydrogens (tertiary/aromatic N) is 2. The van der Waals surface area contributed by atoms with Crippen LogP contribution in [0.3, 0.4) is 0 Å². The van der Waals surface area contributed by atoms with Crippen molar-refractivity contribution in [1.82, 2.24) is 9.97 Å². The van der Waals surface area contributed by atoms with Crippen LogP contribution in [0.1, 0.15) is 44.5 Å². The fraction of sp³-hybridized carbons (Fsp3) is 0.167. The second-order valence-corrected chi connectivity index (χ2v) is 13.8. The van der Waals surface area contributed by atoms with Gasteiger partial charge in [0.2, 0.25) is 0 Å². The summed E-state index contributed by atoms with van der Waals surface area (Å²) in [6.45, 7) is 18.0. The van der Waals surface area contributed by atoms with Crippen LogP contribution in [0.15, 0.2) is 122 Å². The molecule has 0 amide bonds. The molecule has 50 heavy (non-hydrogen) atoms. The van der Waals surface area contributed by atoms with Crippen molar-refractivity contribution < 1.29 is 0 Å². The molecule has 0 atom stereocenters. The van der Waals surface area contributed by atoms with Gasteiger partial charge in [-0.15, -0.1) is 0 Å². The zero-order valence-corrected chi connectivity index (χ0v) is 30.4. The predicted molar refractivity (Wildman–Crippen MR) is 213 cm³/mol. The number of aryl methyl sites for hydroxylation is 6. The highest BCUT2D eigenvalue weighted by molar-refractivity contribution is 6.00. The molecule has 0 bridgehead atoms. The van der Waals surface area contributed by atoms with Gasteiger partial charge in [0.05, 0.1) is 0 Å². The molecule has 2 heteroatoms. The first-order valence-electron chi connectivity index (χ1n) is 17.5. The van der Waals surface area contributed by atoms with Crippen molar-refractivity contribution in [2.24, 2.45) is 0 Å². The van der Waals surface area contributed by atoms with Crippen molar-refractivity contribution in [3.63, 3.8) is 0 Å². The van der Waals surface area contributed by atoms with Crippen molar-refractivity contribution in [3.8, 4) is 66.8 Å². The molecule has 0 fully saturated rings. The van der Waals surface area contributed by atoms with E-state index in [1.165, 1.54) is 100 Å². The molecular weight excluding hydrogens is 605 g/mol. The first kappa shape index (κ1) is 32.9. The van der Waals surface area contributed by atoms with Crippen LogP contribution >= 0.6 is 0 Å². The Labute approximate surface area is 297 Å². The highest BCUT2D eigenvalue weighted by Crippen LogP contribution is 2.49. The third kappa shape index (κ3) is 5.75. The van der Waals surface area contributed by atoms with Crippen molar-refractivity contribution in [3.05, 3.63) is 166 Å². The van der Waals surface area contributed by atoms with Crippen molar-refractivity contribution in [2.45, 2.75) is 55.4 Å². The number of rotatable bonds is 6. The monoisotopic (exact) mass is 648 g/mol. The van der Waals surface area contributed by atoms with E-state index in [4.69, 9.17) is 0 Å². The zero-order valence-electron chi connectivity index (χ0n) is 30.4. The minimum Gasteiger partial charge on any atom is -0.264 e. The molecule has 0 spiro atoms. The normalized spacial score (nSPS) is 11.2. The van der Waals surface area contributed by atoms with Gasteiger partial charge in [-0.25, -0.2) is 0 Å². The summed E-state index contributed by atoms with van der Waals surface area (Å²) < 4.78 is 0. The van der Waals surface area contributed by atoms with Gasteiger partial charge in [-0.2, -0.15) is 0 Å². The van der Waals surface area contributed by atoms with E-state index in [1.807, 2.05) is 36.9 Å². The van der Waals surface area contributed by atoms with Gasteiger partial charge < -0.3 is 0 Å². The molecule has 0 radical (unpaired) electrons. The van der Waals surface area contributed by atoms with Gasteiger partial charge in [0.15, 0.2) is 0 Å². The lowest BCUT2D eigenvalue weighted by Gasteiger charge is -2.26. The molecule has 7 aromatic rings. The van der Waals surface area contributed by atoms with E-state index in [0.29, 0.717) is 0 Å². The van der Waals surface area contributed by atoms with E-state index in [0.717, 1.165) is 11.1 Å². The quantitative estimate of drug-likeness (QED) is 0.179. The topological polar surface area (TPSA) is 25.8 Å². The number of hydrogen-bond donors (Lipinski definition) is 0. The maximum atomic E-state index is 4.50. The Morgan fingerprint density at radius 2 is 0.700 bits per heavy atom. The van der Waals surface area contributed by atoms with Crippen LogP contribution < -0.4 is 0 Å². The van der Waals surface area contributed by atoms with E-state index >= 15 is 0 Å². The molecule has 2 heterocycles. The van der Waals surface area contributed by atoms with Crippen molar-refractivity contribution >= 4 is 0 Å². The van der Waals surface area contributed by atoms with Gasteiger partial charge in [-0.05, 0) is 180 Å². The van der Waals surface area contributed by atoms with Gasteiger partial charge >= 0.3 is 0 Å². The second kappa shape index (κ2) is 13.4. The molecule has 2 aromatic heterocycles. The van der Waals surface area contributed by atoms with Crippen LogP contribution in [-0.4, -0.2) is 9.97 Å².